The first kappa shape index (κ1) is 20.0. The van der Waals surface area contributed by atoms with Gasteiger partial charge in [0.15, 0.2) is 14.9 Å². The molecule has 1 fully saturated rings. The van der Waals surface area contributed by atoms with E-state index in [1.807, 2.05) is 6.92 Å². The van der Waals surface area contributed by atoms with Gasteiger partial charge in [0.2, 0.25) is 11.0 Å². The highest BCUT2D eigenvalue weighted by atomic mass is 32.2. The van der Waals surface area contributed by atoms with Crippen molar-refractivity contribution in [1.29, 1.82) is 0 Å². The quantitative estimate of drug-likeness (QED) is 0.551. The molecule has 0 spiro atoms. The fourth-order valence-corrected chi connectivity index (χ4v) is 4.46. The maximum absolute atomic E-state index is 11.9. The van der Waals surface area contributed by atoms with Crippen LogP contribution in [0, 0.1) is 5.92 Å². The third kappa shape index (κ3) is 5.22. The van der Waals surface area contributed by atoms with Crippen molar-refractivity contribution in [2.75, 3.05) is 6.61 Å². The van der Waals surface area contributed by atoms with Crippen LogP contribution >= 0.6 is 11.8 Å². The Labute approximate surface area is 142 Å². The van der Waals surface area contributed by atoms with Crippen LogP contribution in [0.3, 0.4) is 0 Å². The maximum atomic E-state index is 11.9. The van der Waals surface area contributed by atoms with Crippen LogP contribution in [0.1, 0.15) is 27.7 Å². The molecule has 0 aromatic carbocycles. The molecule has 2 amide bonds. The Morgan fingerprint density at radius 1 is 1.39 bits per heavy atom. The number of carbonyl (C=O) groups is 3. The number of primary amides is 1. The second kappa shape index (κ2) is 7.23. The molecule has 0 radical (unpaired) electrons. The molecule has 3 N–H and O–H groups in total. The van der Waals surface area contributed by atoms with E-state index in [0.717, 1.165) is 11.8 Å². The third-order valence-electron chi connectivity index (χ3n) is 4.30. The molecule has 0 aliphatic carbocycles. The number of ether oxygens (including phenoxy) is 1. The van der Waals surface area contributed by atoms with Gasteiger partial charge in [-0.1, -0.05) is 32.5 Å². The molecule has 1 rings (SSSR count). The number of carbonyl (C=O) groups excluding carboxylic acids is 3. The smallest absolute Gasteiger partial charge is 0.404 e. The second-order valence-corrected chi connectivity index (χ2v) is 13.1. The summed E-state index contributed by atoms with van der Waals surface area (Å²) >= 11 is 0.934. The lowest BCUT2D eigenvalue weighted by Gasteiger charge is -2.44. The summed E-state index contributed by atoms with van der Waals surface area (Å²) < 4.78 is 10.7. The molecule has 23 heavy (non-hydrogen) atoms. The highest BCUT2D eigenvalue weighted by Crippen LogP contribution is 2.40. The Hall–Kier alpha value is -1.06. The molecule has 1 heterocycles. The van der Waals surface area contributed by atoms with Crippen molar-refractivity contribution in [2.45, 2.75) is 57.3 Å². The minimum atomic E-state index is -2.00. The van der Waals surface area contributed by atoms with Crippen molar-refractivity contribution in [1.82, 2.24) is 5.32 Å². The number of amides is 2. The molecule has 132 valence electrons. The van der Waals surface area contributed by atoms with E-state index in [4.69, 9.17) is 10.2 Å². The molecule has 1 saturated heterocycles. The third-order valence-corrected chi connectivity index (χ3v) is 9.92. The molecule has 0 aromatic rings. The highest BCUT2D eigenvalue weighted by molar-refractivity contribution is 8.14. The molecule has 0 bridgehead atoms. The lowest BCUT2D eigenvalue weighted by molar-refractivity contribution is -0.136. The van der Waals surface area contributed by atoms with Crippen LogP contribution in [0.5, 0.6) is 0 Å². The monoisotopic (exact) mass is 362 g/mol. The van der Waals surface area contributed by atoms with Gasteiger partial charge in [-0.15, -0.1) is 0 Å². The van der Waals surface area contributed by atoms with E-state index in [-0.39, 0.29) is 27.5 Å². The number of rotatable bonds is 6. The summed E-state index contributed by atoms with van der Waals surface area (Å²) in [6.07, 6.45) is -1.28. The summed E-state index contributed by atoms with van der Waals surface area (Å²) in [5.74, 6) is -0.524. The van der Waals surface area contributed by atoms with Gasteiger partial charge in [0.1, 0.15) is 0 Å². The van der Waals surface area contributed by atoms with Crippen LogP contribution in [0.4, 0.5) is 4.79 Å². The topological polar surface area (TPSA) is 108 Å². The first-order valence-corrected chi connectivity index (χ1v) is 11.2. The van der Waals surface area contributed by atoms with Gasteiger partial charge < -0.3 is 20.2 Å². The van der Waals surface area contributed by atoms with Crippen molar-refractivity contribution >= 4 is 37.2 Å². The molecule has 0 saturated carbocycles. The molecule has 1 aliphatic heterocycles. The first-order chi connectivity index (χ1) is 10.3. The van der Waals surface area contributed by atoms with E-state index in [9.17, 15) is 14.4 Å². The second-order valence-electron chi connectivity index (χ2n) is 7.14. The fraction of sp³-hybridized carbons (Fsp3) is 0.786. The number of nitrogens with one attached hydrogen (secondary N) is 1. The minimum absolute atomic E-state index is 0.0370. The summed E-state index contributed by atoms with van der Waals surface area (Å²) in [6, 6.07) is 0. The lowest BCUT2D eigenvalue weighted by atomic mass is 9.96. The van der Waals surface area contributed by atoms with Crippen molar-refractivity contribution in [2.24, 2.45) is 11.7 Å². The fourth-order valence-electron chi connectivity index (χ4n) is 1.95. The van der Waals surface area contributed by atoms with Crippen LogP contribution in [-0.2, 0) is 18.8 Å². The van der Waals surface area contributed by atoms with Crippen LogP contribution in [0.2, 0.25) is 18.1 Å². The Bertz CT molecular complexity index is 492. The van der Waals surface area contributed by atoms with Gasteiger partial charge in [0, 0.05) is 0 Å². The molecule has 3 atom stereocenters. The molecule has 9 heteroatoms. The lowest BCUT2D eigenvalue weighted by Crippen LogP contribution is -2.62. The number of thioether (sulfide) groups is 1. The Morgan fingerprint density at radius 2 is 1.96 bits per heavy atom. The predicted molar refractivity (Wildman–Crippen MR) is 91.3 cm³/mol. The summed E-state index contributed by atoms with van der Waals surface area (Å²) in [5, 5.41) is 1.99. The number of hydrogen-bond donors (Lipinski definition) is 2. The summed E-state index contributed by atoms with van der Waals surface area (Å²) in [7, 11) is -2.00. The number of β-lactam (4-membered cyclic amide) rings is 1. The van der Waals surface area contributed by atoms with Crippen molar-refractivity contribution < 1.29 is 23.5 Å². The maximum Gasteiger partial charge on any atom is 0.404 e. The number of nitrogens with two attached hydrogens (primary N) is 1. The van der Waals surface area contributed by atoms with Gasteiger partial charge in [-0.05, 0) is 25.1 Å². The van der Waals surface area contributed by atoms with Gasteiger partial charge in [-0.3, -0.25) is 9.59 Å². The average Bonchev–Trinajstić information content (AvgIpc) is 2.33. The van der Waals surface area contributed by atoms with E-state index >= 15 is 0 Å². The molecule has 2 unspecified atom stereocenters. The summed E-state index contributed by atoms with van der Waals surface area (Å²) in [4.78, 5) is 34.1. The largest absolute Gasteiger partial charge is 0.441 e. The van der Waals surface area contributed by atoms with E-state index in [2.05, 4.69) is 43.9 Å². The van der Waals surface area contributed by atoms with Crippen molar-refractivity contribution in [3.63, 3.8) is 0 Å². The molecular weight excluding hydrogens is 336 g/mol. The van der Waals surface area contributed by atoms with Crippen LogP contribution in [-0.4, -0.2) is 43.5 Å². The highest BCUT2D eigenvalue weighted by Gasteiger charge is 2.48. The Morgan fingerprint density at radius 3 is 2.39 bits per heavy atom. The summed E-state index contributed by atoms with van der Waals surface area (Å²) in [5.41, 5.74) is 4.82. The van der Waals surface area contributed by atoms with Gasteiger partial charge in [-0.25, -0.2) is 4.79 Å². The molecule has 0 aromatic heterocycles. The molecule has 7 nitrogen and oxygen atoms in total. The van der Waals surface area contributed by atoms with E-state index in [1.165, 1.54) is 0 Å². The summed E-state index contributed by atoms with van der Waals surface area (Å²) in [6.45, 7) is 12.1. The van der Waals surface area contributed by atoms with Crippen LogP contribution in [0.15, 0.2) is 0 Å². The van der Waals surface area contributed by atoms with Crippen LogP contribution < -0.4 is 11.1 Å². The average molecular weight is 363 g/mol. The predicted octanol–water partition coefficient (Wildman–Crippen LogP) is 1.82. The van der Waals surface area contributed by atoms with Crippen molar-refractivity contribution in [3.8, 4) is 0 Å². The van der Waals surface area contributed by atoms with Gasteiger partial charge in [0.05, 0.1) is 17.4 Å². The Kier molecular flexibility index (Phi) is 6.28. The van der Waals surface area contributed by atoms with Gasteiger partial charge >= 0.3 is 6.09 Å². The molecular formula is C14H26N2O5SSi. The van der Waals surface area contributed by atoms with Crippen molar-refractivity contribution in [3.05, 3.63) is 0 Å². The Balaban J connectivity index is 2.62. The normalized spacial score (nSPS) is 22.8. The van der Waals surface area contributed by atoms with E-state index in [1.54, 1.807) is 0 Å². The van der Waals surface area contributed by atoms with E-state index < -0.39 is 26.9 Å². The molecule has 1 aliphatic rings. The number of hydrogen-bond acceptors (Lipinski definition) is 6. The van der Waals surface area contributed by atoms with Gasteiger partial charge in [-0.2, -0.15) is 0 Å². The minimum Gasteiger partial charge on any atom is -0.441 e. The van der Waals surface area contributed by atoms with Crippen LogP contribution in [0.25, 0.3) is 0 Å². The SMILES string of the molecule is C[C@@H](O[Si](C)(C)C(C)(C)C)C1C(=O)NC1SC(=O)COC(N)=O. The van der Waals surface area contributed by atoms with Gasteiger partial charge in [0.25, 0.3) is 0 Å². The zero-order chi connectivity index (χ0) is 18.0. The van der Waals surface area contributed by atoms with E-state index in [0.29, 0.717) is 0 Å². The standard InChI is InChI=1S/C14H26N2O5SSi/c1-8(21-23(5,6)14(2,3)4)10-11(18)16-12(10)22-9(17)7-20-13(15)19/h8,10,12H,7H2,1-6H3,(H2,15,19)(H,16,18)/t8-,10?,12?/m1/s1. The first-order valence-electron chi connectivity index (χ1n) is 7.45. The zero-order valence-corrected chi connectivity index (χ0v) is 16.3. The zero-order valence-electron chi connectivity index (χ0n) is 14.5.